The topological polar surface area (TPSA) is 83.6 Å². The Labute approximate surface area is 207 Å². The van der Waals surface area contributed by atoms with Crippen LogP contribution in [0.4, 0.5) is 5.00 Å². The van der Waals surface area contributed by atoms with E-state index in [4.69, 9.17) is 0 Å². The number of nitrogens with zero attached hydrogens (tertiary/aromatic N) is 4. The van der Waals surface area contributed by atoms with Crippen LogP contribution in [0.3, 0.4) is 0 Å². The lowest BCUT2D eigenvalue weighted by atomic mass is 9.86. The second-order valence-corrected chi connectivity index (χ2v) is 11.3. The smallest absolute Gasteiger partial charge is 0.235 e. The first-order valence-electron chi connectivity index (χ1n) is 11.6. The van der Waals surface area contributed by atoms with Gasteiger partial charge in [0, 0.05) is 27.2 Å². The van der Waals surface area contributed by atoms with Crippen molar-refractivity contribution in [3.8, 4) is 17.5 Å². The number of hydrogen-bond donors (Lipinski definition) is 1. The third-order valence-electron chi connectivity index (χ3n) is 6.07. The predicted molar refractivity (Wildman–Crippen MR) is 137 cm³/mol. The molecule has 3 heterocycles. The van der Waals surface area contributed by atoms with E-state index in [2.05, 4.69) is 58.4 Å². The lowest BCUT2D eigenvalue weighted by Crippen LogP contribution is -2.15. The SMILES string of the molecule is CCCn1c(SCC(=O)Nc2sc3c(c2C#N)CCC(CC)C3)nnc1-c1csc(CC)c1. The van der Waals surface area contributed by atoms with Crippen LogP contribution in [0, 0.1) is 17.2 Å². The van der Waals surface area contributed by atoms with Gasteiger partial charge in [-0.05, 0) is 49.7 Å². The molecule has 0 saturated carbocycles. The molecule has 1 aliphatic carbocycles. The fourth-order valence-electron chi connectivity index (χ4n) is 4.22. The first kappa shape index (κ1) is 24.0. The molecular formula is C24H29N5OS3. The number of hydrogen-bond acceptors (Lipinski definition) is 7. The summed E-state index contributed by atoms with van der Waals surface area (Å²) in [4.78, 5) is 15.4. The van der Waals surface area contributed by atoms with Crippen molar-refractivity contribution in [3.05, 3.63) is 32.3 Å². The monoisotopic (exact) mass is 499 g/mol. The highest BCUT2D eigenvalue weighted by molar-refractivity contribution is 7.99. The molecule has 0 saturated heterocycles. The van der Waals surface area contributed by atoms with Crippen molar-refractivity contribution in [2.75, 3.05) is 11.1 Å². The van der Waals surface area contributed by atoms with Gasteiger partial charge in [-0.2, -0.15) is 5.26 Å². The van der Waals surface area contributed by atoms with Crippen molar-refractivity contribution in [3.63, 3.8) is 0 Å². The van der Waals surface area contributed by atoms with E-state index in [1.54, 1.807) is 22.7 Å². The minimum Gasteiger partial charge on any atom is -0.316 e. The maximum Gasteiger partial charge on any atom is 0.235 e. The third-order valence-corrected chi connectivity index (χ3v) is 9.28. The highest BCUT2D eigenvalue weighted by Crippen LogP contribution is 2.40. The van der Waals surface area contributed by atoms with E-state index in [0.717, 1.165) is 67.2 Å². The summed E-state index contributed by atoms with van der Waals surface area (Å²) in [5, 5.41) is 25.1. The van der Waals surface area contributed by atoms with Crippen molar-refractivity contribution >= 4 is 45.3 Å². The molecule has 1 aliphatic rings. The Kier molecular flexibility index (Phi) is 7.89. The number of aromatic nitrogens is 3. The lowest BCUT2D eigenvalue weighted by Gasteiger charge is -2.20. The van der Waals surface area contributed by atoms with Crippen molar-refractivity contribution < 1.29 is 4.79 Å². The van der Waals surface area contributed by atoms with E-state index in [-0.39, 0.29) is 11.7 Å². The second kappa shape index (κ2) is 10.9. The number of rotatable bonds is 9. The second-order valence-electron chi connectivity index (χ2n) is 8.29. The van der Waals surface area contributed by atoms with Crippen LogP contribution < -0.4 is 5.32 Å². The van der Waals surface area contributed by atoms with Crippen molar-refractivity contribution in [2.24, 2.45) is 5.92 Å². The van der Waals surface area contributed by atoms with E-state index < -0.39 is 0 Å². The zero-order valence-corrected chi connectivity index (χ0v) is 21.8. The quantitative estimate of drug-likeness (QED) is 0.357. The molecule has 174 valence electrons. The van der Waals surface area contributed by atoms with Crippen LogP contribution in [0.5, 0.6) is 0 Å². The normalized spacial score (nSPS) is 15.3. The highest BCUT2D eigenvalue weighted by atomic mass is 32.2. The molecule has 1 amide bonds. The van der Waals surface area contributed by atoms with Gasteiger partial charge in [0.05, 0.1) is 11.3 Å². The summed E-state index contributed by atoms with van der Waals surface area (Å²) in [7, 11) is 0. The number of amides is 1. The number of anilines is 1. The van der Waals surface area contributed by atoms with E-state index >= 15 is 0 Å². The molecular weight excluding hydrogens is 470 g/mol. The molecule has 0 aliphatic heterocycles. The van der Waals surface area contributed by atoms with Crippen LogP contribution in [0.1, 0.15) is 60.9 Å². The van der Waals surface area contributed by atoms with E-state index in [1.807, 2.05) is 0 Å². The van der Waals surface area contributed by atoms with Gasteiger partial charge in [0.15, 0.2) is 11.0 Å². The Morgan fingerprint density at radius 3 is 2.91 bits per heavy atom. The van der Waals surface area contributed by atoms with Gasteiger partial charge in [-0.25, -0.2) is 0 Å². The molecule has 3 aromatic rings. The summed E-state index contributed by atoms with van der Waals surface area (Å²) in [6, 6.07) is 4.51. The van der Waals surface area contributed by atoms with Gasteiger partial charge in [0.25, 0.3) is 0 Å². The van der Waals surface area contributed by atoms with Crippen LogP contribution in [0.15, 0.2) is 16.6 Å². The number of nitrogens with one attached hydrogen (secondary N) is 1. The molecule has 3 aromatic heterocycles. The first-order valence-corrected chi connectivity index (χ1v) is 14.2. The summed E-state index contributed by atoms with van der Waals surface area (Å²) >= 11 is 4.71. The maximum absolute atomic E-state index is 12.8. The summed E-state index contributed by atoms with van der Waals surface area (Å²) in [6.07, 6.45) is 6.19. The Bertz CT molecular complexity index is 1170. The minimum absolute atomic E-state index is 0.112. The average molecular weight is 500 g/mol. The van der Waals surface area contributed by atoms with E-state index in [1.165, 1.54) is 21.5 Å². The molecule has 0 aromatic carbocycles. The Balaban J connectivity index is 1.45. The molecule has 6 nitrogen and oxygen atoms in total. The zero-order chi connectivity index (χ0) is 23.4. The fourth-order valence-corrected chi connectivity index (χ4v) is 7.13. The number of carbonyl (C=O) groups is 1. The Morgan fingerprint density at radius 2 is 2.21 bits per heavy atom. The lowest BCUT2D eigenvalue weighted by molar-refractivity contribution is -0.113. The molecule has 0 radical (unpaired) electrons. The number of aryl methyl sites for hydroxylation is 1. The van der Waals surface area contributed by atoms with Crippen LogP contribution in [-0.2, 0) is 30.6 Å². The molecule has 4 rings (SSSR count). The van der Waals surface area contributed by atoms with Crippen molar-refractivity contribution in [1.82, 2.24) is 14.8 Å². The number of fused-ring (bicyclic) bond motifs is 1. The maximum atomic E-state index is 12.8. The van der Waals surface area contributed by atoms with Gasteiger partial charge < -0.3 is 9.88 Å². The van der Waals surface area contributed by atoms with E-state index in [0.29, 0.717) is 16.5 Å². The van der Waals surface area contributed by atoms with Crippen LogP contribution in [-0.4, -0.2) is 26.4 Å². The summed E-state index contributed by atoms with van der Waals surface area (Å²) < 4.78 is 2.11. The number of carbonyl (C=O) groups excluding carboxylic acids is 1. The first-order chi connectivity index (χ1) is 16.1. The fraction of sp³-hybridized carbons (Fsp3) is 0.500. The standard InChI is InChI=1S/C24H29N5OS3/c1-4-9-29-22(16-11-17(6-3)31-13-16)27-28-24(29)32-14-21(30)26-23-19(12-25)18-8-7-15(5-2)10-20(18)33-23/h11,13,15H,4-10,14H2,1-3H3,(H,26,30). The number of thioether (sulfide) groups is 1. The molecule has 1 unspecified atom stereocenters. The average Bonchev–Trinajstić information content (AvgIpc) is 3.53. The van der Waals surface area contributed by atoms with Crippen molar-refractivity contribution in [1.29, 1.82) is 5.26 Å². The van der Waals surface area contributed by atoms with Crippen molar-refractivity contribution in [2.45, 2.75) is 71.0 Å². The summed E-state index contributed by atoms with van der Waals surface area (Å²) in [6.45, 7) is 7.30. The molecule has 0 bridgehead atoms. The van der Waals surface area contributed by atoms with Gasteiger partial charge in [-0.3, -0.25) is 4.79 Å². The van der Waals surface area contributed by atoms with Gasteiger partial charge in [-0.1, -0.05) is 39.0 Å². The zero-order valence-electron chi connectivity index (χ0n) is 19.3. The Hall–Kier alpha value is -2.15. The molecule has 33 heavy (non-hydrogen) atoms. The summed E-state index contributed by atoms with van der Waals surface area (Å²) in [5.41, 5.74) is 2.88. The molecule has 9 heteroatoms. The van der Waals surface area contributed by atoms with E-state index in [9.17, 15) is 10.1 Å². The predicted octanol–water partition coefficient (Wildman–Crippen LogP) is 6.16. The van der Waals surface area contributed by atoms with Crippen LogP contribution in [0.2, 0.25) is 0 Å². The van der Waals surface area contributed by atoms with Gasteiger partial charge >= 0.3 is 0 Å². The molecule has 0 fully saturated rings. The van der Waals surface area contributed by atoms with Crippen LogP contribution in [0.25, 0.3) is 11.4 Å². The van der Waals surface area contributed by atoms with Gasteiger partial charge in [-0.15, -0.1) is 32.9 Å². The third kappa shape index (κ3) is 5.18. The minimum atomic E-state index is -0.112. The summed E-state index contributed by atoms with van der Waals surface area (Å²) in [5.74, 6) is 1.66. The van der Waals surface area contributed by atoms with Gasteiger partial charge in [0.1, 0.15) is 11.1 Å². The molecule has 1 N–H and O–H groups in total. The van der Waals surface area contributed by atoms with Gasteiger partial charge in [0.2, 0.25) is 5.91 Å². The molecule has 1 atom stereocenters. The largest absolute Gasteiger partial charge is 0.316 e. The molecule has 0 spiro atoms. The van der Waals surface area contributed by atoms with Crippen LogP contribution >= 0.6 is 34.4 Å². The Morgan fingerprint density at radius 1 is 1.36 bits per heavy atom. The highest BCUT2D eigenvalue weighted by Gasteiger charge is 2.26. The number of nitriles is 1. The number of thiophene rings is 2.